The van der Waals surface area contributed by atoms with Gasteiger partial charge in [-0.25, -0.2) is 13.6 Å². The summed E-state index contributed by atoms with van der Waals surface area (Å²) in [7, 11) is 0. The number of halogens is 2. The van der Waals surface area contributed by atoms with E-state index in [0.717, 1.165) is 54.2 Å². The Bertz CT molecular complexity index is 1180. The van der Waals surface area contributed by atoms with E-state index in [2.05, 4.69) is 6.92 Å². The van der Waals surface area contributed by atoms with E-state index in [1.807, 2.05) is 36.4 Å². The van der Waals surface area contributed by atoms with Crippen molar-refractivity contribution in [3.8, 4) is 0 Å². The molecule has 1 amide bonds. The van der Waals surface area contributed by atoms with Gasteiger partial charge in [0.1, 0.15) is 11.6 Å². The van der Waals surface area contributed by atoms with Crippen LogP contribution in [0.25, 0.3) is 0 Å². The SMILES string of the molecule is CCCCCCCN(Cc1ccc(F)cc1F)C(=O)Cc1ccc(SCc2ccccc2C(=O)O)cc1. The number of aromatic carboxylic acids is 1. The van der Waals surface area contributed by atoms with E-state index < -0.39 is 17.6 Å². The molecule has 0 atom stereocenters. The number of nitrogens with zero attached hydrogens (tertiary/aromatic N) is 1. The zero-order valence-electron chi connectivity index (χ0n) is 21.1. The summed E-state index contributed by atoms with van der Waals surface area (Å²) in [6.07, 6.45) is 5.39. The van der Waals surface area contributed by atoms with Gasteiger partial charge in [0.2, 0.25) is 5.91 Å². The third-order valence-electron chi connectivity index (χ3n) is 6.18. The van der Waals surface area contributed by atoms with Crippen molar-refractivity contribution in [2.75, 3.05) is 6.54 Å². The van der Waals surface area contributed by atoms with Gasteiger partial charge in [0.15, 0.2) is 0 Å². The summed E-state index contributed by atoms with van der Waals surface area (Å²) in [6.45, 7) is 2.78. The van der Waals surface area contributed by atoms with Crippen molar-refractivity contribution in [1.82, 2.24) is 4.90 Å². The Hall–Kier alpha value is -3.19. The molecule has 0 aliphatic carbocycles. The smallest absolute Gasteiger partial charge is 0.335 e. The van der Waals surface area contributed by atoms with Crippen LogP contribution in [0.2, 0.25) is 0 Å². The molecule has 4 nitrogen and oxygen atoms in total. The molecule has 0 unspecified atom stereocenters. The van der Waals surface area contributed by atoms with E-state index in [0.29, 0.717) is 23.4 Å². The first kappa shape index (κ1) is 28.4. The van der Waals surface area contributed by atoms with Crippen LogP contribution in [-0.4, -0.2) is 28.4 Å². The van der Waals surface area contributed by atoms with E-state index >= 15 is 0 Å². The Morgan fingerprint density at radius 2 is 1.62 bits per heavy atom. The van der Waals surface area contributed by atoms with Crippen LogP contribution in [0.15, 0.2) is 71.6 Å². The van der Waals surface area contributed by atoms with Crippen molar-refractivity contribution in [1.29, 1.82) is 0 Å². The summed E-state index contributed by atoms with van der Waals surface area (Å²) in [5.74, 6) is -1.80. The van der Waals surface area contributed by atoms with Gasteiger partial charge in [0, 0.05) is 35.4 Å². The van der Waals surface area contributed by atoms with Crippen LogP contribution < -0.4 is 0 Å². The number of thioether (sulfide) groups is 1. The minimum absolute atomic E-state index is 0.102. The number of carboxylic acids is 1. The van der Waals surface area contributed by atoms with E-state index in [1.165, 1.54) is 23.9 Å². The minimum Gasteiger partial charge on any atom is -0.478 e. The lowest BCUT2D eigenvalue weighted by atomic mass is 10.1. The van der Waals surface area contributed by atoms with Crippen LogP contribution in [0.1, 0.15) is 66.1 Å². The number of carboxylic acid groups (broad SMARTS) is 1. The molecule has 0 spiro atoms. The number of hydrogen-bond acceptors (Lipinski definition) is 3. The molecule has 3 aromatic carbocycles. The van der Waals surface area contributed by atoms with Crippen LogP contribution in [0, 0.1) is 11.6 Å². The summed E-state index contributed by atoms with van der Waals surface area (Å²) < 4.78 is 27.6. The minimum atomic E-state index is -0.944. The Kier molecular flexibility index (Phi) is 11.1. The average Bonchev–Trinajstić information content (AvgIpc) is 2.88. The molecule has 3 aromatic rings. The molecule has 0 aromatic heterocycles. The number of amides is 1. The van der Waals surface area contributed by atoms with Gasteiger partial charge < -0.3 is 10.0 Å². The van der Waals surface area contributed by atoms with Gasteiger partial charge in [0.05, 0.1) is 12.0 Å². The number of hydrogen-bond donors (Lipinski definition) is 1. The highest BCUT2D eigenvalue weighted by molar-refractivity contribution is 7.98. The highest BCUT2D eigenvalue weighted by Gasteiger charge is 2.17. The van der Waals surface area contributed by atoms with E-state index in [-0.39, 0.29) is 18.9 Å². The Labute approximate surface area is 221 Å². The predicted molar refractivity (Wildman–Crippen MR) is 144 cm³/mol. The fourth-order valence-electron chi connectivity index (χ4n) is 4.06. The molecule has 1 N–H and O–H groups in total. The maximum Gasteiger partial charge on any atom is 0.335 e. The quantitative estimate of drug-likeness (QED) is 0.175. The first-order valence-corrected chi connectivity index (χ1v) is 13.6. The Morgan fingerprint density at radius 3 is 2.32 bits per heavy atom. The zero-order chi connectivity index (χ0) is 26.6. The standard InChI is InChI=1S/C30H33F2NO3S/c1-2-3-4-5-8-17-33(20-23-13-14-25(31)19-28(23)32)29(34)18-22-11-15-26(16-12-22)37-21-24-9-6-7-10-27(24)30(35)36/h6-7,9-16,19H,2-5,8,17-18,20-21H2,1H3,(H,35,36). The summed E-state index contributed by atoms with van der Waals surface area (Å²) in [5.41, 5.74) is 2.19. The van der Waals surface area contributed by atoms with Gasteiger partial charge in [-0.3, -0.25) is 4.79 Å². The predicted octanol–water partition coefficient (Wildman–Crippen LogP) is 7.50. The van der Waals surface area contributed by atoms with E-state index in [4.69, 9.17) is 0 Å². The van der Waals surface area contributed by atoms with Gasteiger partial charge in [-0.2, -0.15) is 0 Å². The molecule has 0 radical (unpaired) electrons. The lowest BCUT2D eigenvalue weighted by Crippen LogP contribution is -2.33. The summed E-state index contributed by atoms with van der Waals surface area (Å²) in [5, 5.41) is 9.36. The normalized spacial score (nSPS) is 10.9. The molecule has 196 valence electrons. The summed E-state index contributed by atoms with van der Waals surface area (Å²) in [6, 6.07) is 18.0. The largest absolute Gasteiger partial charge is 0.478 e. The molecule has 0 bridgehead atoms. The summed E-state index contributed by atoms with van der Waals surface area (Å²) >= 11 is 1.53. The van der Waals surface area contributed by atoms with Crippen molar-refractivity contribution in [3.05, 3.63) is 101 Å². The maximum absolute atomic E-state index is 14.3. The van der Waals surface area contributed by atoms with Crippen LogP contribution in [0.3, 0.4) is 0 Å². The lowest BCUT2D eigenvalue weighted by Gasteiger charge is -2.23. The second-order valence-corrected chi connectivity index (χ2v) is 10.1. The number of unbranched alkanes of at least 4 members (excludes halogenated alkanes) is 4. The second kappa shape index (κ2) is 14.5. The van der Waals surface area contributed by atoms with Gasteiger partial charge in [-0.15, -0.1) is 11.8 Å². The van der Waals surface area contributed by atoms with Gasteiger partial charge in [-0.05, 0) is 41.8 Å². The third-order valence-corrected chi connectivity index (χ3v) is 7.24. The molecular weight excluding hydrogens is 492 g/mol. The van der Waals surface area contributed by atoms with Crippen LogP contribution >= 0.6 is 11.8 Å². The number of carbonyl (C=O) groups is 2. The summed E-state index contributed by atoms with van der Waals surface area (Å²) in [4.78, 5) is 27.2. The fraction of sp³-hybridized carbons (Fsp3) is 0.333. The molecule has 3 rings (SSSR count). The van der Waals surface area contributed by atoms with Crippen LogP contribution in [0.4, 0.5) is 8.78 Å². The second-order valence-electron chi connectivity index (χ2n) is 9.04. The maximum atomic E-state index is 14.3. The molecule has 7 heteroatoms. The molecule has 0 saturated heterocycles. The fourth-order valence-corrected chi connectivity index (χ4v) is 4.96. The molecular formula is C30H33F2NO3S. The van der Waals surface area contributed by atoms with Gasteiger partial charge in [0.25, 0.3) is 0 Å². The molecule has 0 aliphatic rings. The molecule has 0 fully saturated rings. The monoisotopic (exact) mass is 525 g/mol. The topological polar surface area (TPSA) is 57.6 Å². The van der Waals surface area contributed by atoms with Crippen LogP contribution in [0.5, 0.6) is 0 Å². The van der Waals surface area contributed by atoms with E-state index in [9.17, 15) is 23.5 Å². The Morgan fingerprint density at radius 1 is 0.892 bits per heavy atom. The van der Waals surface area contributed by atoms with E-state index in [1.54, 1.807) is 17.0 Å². The highest BCUT2D eigenvalue weighted by Crippen LogP contribution is 2.25. The molecule has 0 saturated carbocycles. The highest BCUT2D eigenvalue weighted by atomic mass is 32.2. The van der Waals surface area contributed by atoms with Crippen molar-refractivity contribution in [2.24, 2.45) is 0 Å². The van der Waals surface area contributed by atoms with Gasteiger partial charge in [-0.1, -0.05) is 69.0 Å². The Balaban J connectivity index is 1.62. The zero-order valence-corrected chi connectivity index (χ0v) is 21.9. The number of benzene rings is 3. The van der Waals surface area contributed by atoms with Crippen molar-refractivity contribution >= 4 is 23.6 Å². The van der Waals surface area contributed by atoms with Crippen molar-refractivity contribution in [3.63, 3.8) is 0 Å². The van der Waals surface area contributed by atoms with Gasteiger partial charge >= 0.3 is 5.97 Å². The van der Waals surface area contributed by atoms with Crippen molar-refractivity contribution in [2.45, 2.75) is 62.6 Å². The third kappa shape index (κ3) is 9.01. The number of rotatable bonds is 14. The average molecular weight is 526 g/mol. The lowest BCUT2D eigenvalue weighted by molar-refractivity contribution is -0.131. The van der Waals surface area contributed by atoms with Crippen LogP contribution in [-0.2, 0) is 23.5 Å². The number of carbonyl (C=O) groups excluding carboxylic acids is 1. The molecule has 0 heterocycles. The van der Waals surface area contributed by atoms with Crippen molar-refractivity contribution < 1.29 is 23.5 Å². The first-order chi connectivity index (χ1) is 17.9. The first-order valence-electron chi connectivity index (χ1n) is 12.6. The molecule has 0 aliphatic heterocycles. The molecule has 37 heavy (non-hydrogen) atoms.